The molecule has 0 rings (SSSR count). The second-order valence-electron chi connectivity index (χ2n) is 3.55. The topological polar surface area (TPSA) is 54.4 Å². The van der Waals surface area contributed by atoms with Crippen molar-refractivity contribution in [2.45, 2.75) is 33.6 Å². The minimum atomic E-state index is -3.77. The standard InChI is InChI=1S/C7H16O3S/c1-4-7(2,3)5-6-11(8,9)10/h4-6H2,1-3H3,(H,8,9,10). The van der Waals surface area contributed by atoms with E-state index >= 15 is 0 Å². The molecule has 4 heteroatoms. The molecular formula is C7H16O3S. The van der Waals surface area contributed by atoms with Crippen molar-refractivity contribution in [3.63, 3.8) is 0 Å². The summed E-state index contributed by atoms with van der Waals surface area (Å²) in [5.41, 5.74) is 0.00972. The fourth-order valence-corrected chi connectivity index (χ4v) is 1.39. The first-order valence-electron chi connectivity index (χ1n) is 3.72. The van der Waals surface area contributed by atoms with Gasteiger partial charge in [-0.1, -0.05) is 27.2 Å². The molecule has 0 aliphatic carbocycles. The van der Waals surface area contributed by atoms with Crippen LogP contribution in [-0.4, -0.2) is 18.7 Å². The Bertz CT molecular complexity index is 204. The smallest absolute Gasteiger partial charge is 0.264 e. The molecule has 0 radical (unpaired) electrons. The Morgan fingerprint density at radius 3 is 2.09 bits per heavy atom. The first-order valence-corrected chi connectivity index (χ1v) is 5.33. The highest BCUT2D eigenvalue weighted by molar-refractivity contribution is 7.85. The summed E-state index contributed by atoms with van der Waals surface area (Å²) in [5, 5.41) is 0. The van der Waals surface area contributed by atoms with Gasteiger partial charge in [-0.15, -0.1) is 0 Å². The van der Waals surface area contributed by atoms with Crippen molar-refractivity contribution in [3.8, 4) is 0 Å². The van der Waals surface area contributed by atoms with Crippen LogP contribution in [0.4, 0.5) is 0 Å². The molecule has 1 N–H and O–H groups in total. The highest BCUT2D eigenvalue weighted by atomic mass is 32.2. The molecule has 0 heterocycles. The van der Waals surface area contributed by atoms with E-state index in [-0.39, 0.29) is 11.2 Å². The van der Waals surface area contributed by atoms with Gasteiger partial charge in [-0.05, 0) is 11.8 Å². The lowest BCUT2D eigenvalue weighted by Gasteiger charge is -2.20. The van der Waals surface area contributed by atoms with Crippen LogP contribution < -0.4 is 0 Å². The van der Waals surface area contributed by atoms with Crippen molar-refractivity contribution in [1.82, 2.24) is 0 Å². The molecule has 0 aromatic rings. The Hall–Kier alpha value is -0.0900. The summed E-state index contributed by atoms with van der Waals surface area (Å²) in [6.45, 7) is 5.97. The molecule has 0 fully saturated rings. The molecule has 0 atom stereocenters. The Morgan fingerprint density at radius 1 is 1.36 bits per heavy atom. The second-order valence-corrected chi connectivity index (χ2v) is 5.13. The van der Waals surface area contributed by atoms with Gasteiger partial charge in [0.15, 0.2) is 0 Å². The predicted molar refractivity (Wildman–Crippen MR) is 45.1 cm³/mol. The zero-order valence-electron chi connectivity index (χ0n) is 7.29. The molecule has 3 nitrogen and oxygen atoms in total. The van der Waals surface area contributed by atoms with Crippen molar-refractivity contribution in [2.75, 3.05) is 5.75 Å². The Balaban J connectivity index is 3.90. The van der Waals surface area contributed by atoms with Crippen LogP contribution in [0.1, 0.15) is 33.6 Å². The summed E-state index contributed by atoms with van der Waals surface area (Å²) >= 11 is 0. The van der Waals surface area contributed by atoms with Crippen LogP contribution in [-0.2, 0) is 10.1 Å². The Morgan fingerprint density at radius 2 is 1.82 bits per heavy atom. The summed E-state index contributed by atoms with van der Waals surface area (Å²) < 4.78 is 29.1. The van der Waals surface area contributed by atoms with E-state index in [0.717, 1.165) is 6.42 Å². The molecule has 0 aromatic carbocycles. The van der Waals surface area contributed by atoms with Crippen molar-refractivity contribution >= 4 is 10.1 Å². The highest BCUT2D eigenvalue weighted by Gasteiger charge is 2.18. The minimum Gasteiger partial charge on any atom is -0.286 e. The maximum atomic E-state index is 10.3. The summed E-state index contributed by atoms with van der Waals surface area (Å²) in [6.07, 6.45) is 1.44. The third-order valence-corrected chi connectivity index (χ3v) is 2.71. The lowest BCUT2D eigenvalue weighted by molar-refractivity contribution is 0.334. The van der Waals surface area contributed by atoms with E-state index in [9.17, 15) is 8.42 Å². The molecule has 0 saturated carbocycles. The molecule has 11 heavy (non-hydrogen) atoms. The van der Waals surface area contributed by atoms with E-state index in [1.807, 2.05) is 20.8 Å². The number of rotatable bonds is 4. The zero-order valence-corrected chi connectivity index (χ0v) is 8.11. The average Bonchev–Trinajstić information content (AvgIpc) is 1.83. The predicted octanol–water partition coefficient (Wildman–Crippen LogP) is 1.70. The molecule has 0 unspecified atom stereocenters. The van der Waals surface area contributed by atoms with E-state index in [4.69, 9.17) is 4.55 Å². The molecule has 0 saturated heterocycles. The normalized spacial score (nSPS) is 13.5. The van der Waals surface area contributed by atoms with E-state index in [1.54, 1.807) is 0 Å². The Labute approximate surface area is 68.6 Å². The van der Waals surface area contributed by atoms with E-state index < -0.39 is 10.1 Å². The molecule has 0 aliphatic rings. The fraction of sp³-hybridized carbons (Fsp3) is 1.00. The van der Waals surface area contributed by atoms with Gasteiger partial charge in [0.25, 0.3) is 10.1 Å². The van der Waals surface area contributed by atoms with Gasteiger partial charge < -0.3 is 0 Å². The molecule has 68 valence electrons. The van der Waals surface area contributed by atoms with Crippen molar-refractivity contribution < 1.29 is 13.0 Å². The van der Waals surface area contributed by atoms with Crippen molar-refractivity contribution in [3.05, 3.63) is 0 Å². The summed E-state index contributed by atoms with van der Waals surface area (Å²) in [4.78, 5) is 0. The van der Waals surface area contributed by atoms with Crippen LogP contribution in [0.3, 0.4) is 0 Å². The van der Waals surface area contributed by atoms with E-state index in [2.05, 4.69) is 0 Å². The van der Waals surface area contributed by atoms with Crippen LogP contribution in [0.25, 0.3) is 0 Å². The van der Waals surface area contributed by atoms with Gasteiger partial charge in [0.2, 0.25) is 0 Å². The van der Waals surface area contributed by atoms with Gasteiger partial charge in [-0.25, -0.2) is 0 Å². The zero-order chi connectivity index (χ0) is 9.12. The van der Waals surface area contributed by atoms with E-state index in [0.29, 0.717) is 6.42 Å². The van der Waals surface area contributed by atoms with Crippen molar-refractivity contribution in [1.29, 1.82) is 0 Å². The molecule has 0 aromatic heterocycles. The quantitative estimate of drug-likeness (QED) is 0.670. The molecule has 0 spiro atoms. The monoisotopic (exact) mass is 180 g/mol. The second kappa shape index (κ2) is 3.54. The van der Waals surface area contributed by atoms with Gasteiger partial charge in [0.05, 0.1) is 5.75 Å². The van der Waals surface area contributed by atoms with Gasteiger partial charge in [0.1, 0.15) is 0 Å². The first kappa shape index (κ1) is 10.9. The van der Waals surface area contributed by atoms with Crippen LogP contribution in [0.15, 0.2) is 0 Å². The lowest BCUT2D eigenvalue weighted by Crippen LogP contribution is -2.16. The largest absolute Gasteiger partial charge is 0.286 e. The highest BCUT2D eigenvalue weighted by Crippen LogP contribution is 2.24. The van der Waals surface area contributed by atoms with Crippen molar-refractivity contribution in [2.24, 2.45) is 5.41 Å². The maximum Gasteiger partial charge on any atom is 0.264 e. The van der Waals surface area contributed by atoms with Crippen LogP contribution in [0, 0.1) is 5.41 Å². The average molecular weight is 180 g/mol. The maximum absolute atomic E-state index is 10.3. The summed E-state index contributed by atoms with van der Waals surface area (Å²) in [6, 6.07) is 0. The molecule has 0 bridgehead atoms. The third kappa shape index (κ3) is 6.31. The fourth-order valence-electron chi connectivity index (χ4n) is 0.582. The van der Waals surface area contributed by atoms with Crippen LogP contribution in [0.5, 0.6) is 0 Å². The lowest BCUT2D eigenvalue weighted by atomic mass is 9.87. The molecular weight excluding hydrogens is 164 g/mol. The van der Waals surface area contributed by atoms with Gasteiger partial charge in [0, 0.05) is 0 Å². The number of hydrogen-bond acceptors (Lipinski definition) is 2. The molecule has 0 aliphatic heterocycles. The van der Waals surface area contributed by atoms with Crippen LogP contribution >= 0.6 is 0 Å². The van der Waals surface area contributed by atoms with Gasteiger partial charge in [-0.3, -0.25) is 4.55 Å². The summed E-state index contributed by atoms with van der Waals surface area (Å²) in [5.74, 6) is -0.131. The number of hydrogen-bond donors (Lipinski definition) is 1. The van der Waals surface area contributed by atoms with Gasteiger partial charge >= 0.3 is 0 Å². The van der Waals surface area contributed by atoms with Gasteiger partial charge in [-0.2, -0.15) is 8.42 Å². The SMILES string of the molecule is CCC(C)(C)CCS(=O)(=O)O. The summed E-state index contributed by atoms with van der Waals surface area (Å²) in [7, 11) is -3.77. The third-order valence-electron chi connectivity index (χ3n) is 1.99. The first-order chi connectivity index (χ1) is 4.77. The van der Waals surface area contributed by atoms with E-state index in [1.165, 1.54) is 0 Å². The Kier molecular flexibility index (Phi) is 3.51. The minimum absolute atomic E-state index is 0.00972. The molecule has 0 amide bonds. The van der Waals surface area contributed by atoms with Crippen LogP contribution in [0.2, 0.25) is 0 Å².